The van der Waals surface area contributed by atoms with Gasteiger partial charge in [-0.1, -0.05) is 66.4 Å². The SMILES string of the molecule is CCOC(=O)/C=C/c1cccc(CSc2nc(Cc3ccccc3)cc(=O)[nH]2)c1. The molecule has 3 aromatic rings. The summed E-state index contributed by atoms with van der Waals surface area (Å²) in [7, 11) is 0. The number of nitrogens with one attached hydrogen (secondary N) is 1. The number of benzene rings is 2. The van der Waals surface area contributed by atoms with Gasteiger partial charge in [0, 0.05) is 24.3 Å². The number of carbonyl (C=O) groups excluding carboxylic acids is 1. The van der Waals surface area contributed by atoms with Gasteiger partial charge in [-0.3, -0.25) is 4.79 Å². The van der Waals surface area contributed by atoms with Crippen LogP contribution in [0.3, 0.4) is 0 Å². The highest BCUT2D eigenvalue weighted by molar-refractivity contribution is 7.98. The van der Waals surface area contributed by atoms with Crippen molar-refractivity contribution in [3.05, 3.63) is 99.5 Å². The summed E-state index contributed by atoms with van der Waals surface area (Å²) < 4.78 is 4.89. The molecule has 148 valence electrons. The standard InChI is InChI=1S/C23H22N2O3S/c1-2-28-22(27)12-11-18-9-6-10-19(13-18)16-29-23-24-20(15-21(26)25-23)14-17-7-4-3-5-8-17/h3-13,15H,2,14,16H2,1H3,(H,24,25,26)/b12-11+. The van der Waals surface area contributed by atoms with Gasteiger partial charge in [-0.15, -0.1) is 0 Å². The van der Waals surface area contributed by atoms with Gasteiger partial charge in [0.15, 0.2) is 5.16 Å². The summed E-state index contributed by atoms with van der Waals surface area (Å²) in [6, 6.07) is 19.3. The van der Waals surface area contributed by atoms with Gasteiger partial charge < -0.3 is 9.72 Å². The quantitative estimate of drug-likeness (QED) is 0.262. The van der Waals surface area contributed by atoms with Gasteiger partial charge in [0.25, 0.3) is 5.56 Å². The van der Waals surface area contributed by atoms with Crippen LogP contribution in [0.15, 0.2) is 76.7 Å². The maximum Gasteiger partial charge on any atom is 0.330 e. The Bertz CT molecular complexity index is 1050. The highest BCUT2D eigenvalue weighted by Gasteiger charge is 2.05. The van der Waals surface area contributed by atoms with Gasteiger partial charge in [-0.2, -0.15) is 0 Å². The van der Waals surface area contributed by atoms with E-state index in [0.29, 0.717) is 23.9 Å². The van der Waals surface area contributed by atoms with Crippen molar-refractivity contribution in [3.63, 3.8) is 0 Å². The van der Waals surface area contributed by atoms with E-state index in [-0.39, 0.29) is 11.5 Å². The number of esters is 1. The van der Waals surface area contributed by atoms with Crippen molar-refractivity contribution in [2.75, 3.05) is 6.61 Å². The summed E-state index contributed by atoms with van der Waals surface area (Å²) in [6.07, 6.45) is 3.76. The lowest BCUT2D eigenvalue weighted by Gasteiger charge is -2.05. The zero-order valence-corrected chi connectivity index (χ0v) is 16.9. The number of H-pyrrole nitrogens is 1. The molecule has 0 amide bonds. The first-order valence-electron chi connectivity index (χ1n) is 9.33. The van der Waals surface area contributed by atoms with Gasteiger partial charge in [-0.05, 0) is 29.7 Å². The molecule has 0 saturated heterocycles. The summed E-state index contributed by atoms with van der Waals surface area (Å²) in [5, 5.41) is 0.593. The van der Waals surface area contributed by atoms with Crippen LogP contribution in [0.2, 0.25) is 0 Å². The number of hydrogen-bond donors (Lipinski definition) is 1. The summed E-state index contributed by atoms with van der Waals surface area (Å²) in [5.41, 5.74) is 3.68. The summed E-state index contributed by atoms with van der Waals surface area (Å²) in [6.45, 7) is 2.13. The van der Waals surface area contributed by atoms with E-state index in [0.717, 1.165) is 22.4 Å². The van der Waals surface area contributed by atoms with Crippen LogP contribution in [-0.2, 0) is 21.7 Å². The molecule has 0 radical (unpaired) electrons. The van der Waals surface area contributed by atoms with Gasteiger partial charge >= 0.3 is 5.97 Å². The number of nitrogens with zero attached hydrogens (tertiary/aromatic N) is 1. The molecule has 29 heavy (non-hydrogen) atoms. The fourth-order valence-corrected chi connectivity index (χ4v) is 3.58. The van der Waals surface area contributed by atoms with E-state index in [1.807, 2.05) is 54.6 Å². The zero-order chi connectivity index (χ0) is 20.5. The first-order valence-corrected chi connectivity index (χ1v) is 10.3. The Labute approximate surface area is 173 Å². The van der Waals surface area contributed by atoms with Crippen molar-refractivity contribution in [1.82, 2.24) is 9.97 Å². The monoisotopic (exact) mass is 406 g/mol. The van der Waals surface area contributed by atoms with E-state index in [1.54, 1.807) is 13.0 Å². The molecular weight excluding hydrogens is 384 g/mol. The zero-order valence-electron chi connectivity index (χ0n) is 16.1. The molecular formula is C23H22N2O3S. The molecule has 0 fully saturated rings. The lowest BCUT2D eigenvalue weighted by molar-refractivity contribution is -0.137. The minimum Gasteiger partial charge on any atom is -0.463 e. The number of thioether (sulfide) groups is 1. The lowest BCUT2D eigenvalue weighted by Crippen LogP contribution is -2.10. The van der Waals surface area contributed by atoms with E-state index >= 15 is 0 Å². The third kappa shape index (κ3) is 6.76. The second kappa shape index (κ2) is 10.4. The number of aromatic nitrogens is 2. The van der Waals surface area contributed by atoms with Crippen molar-refractivity contribution >= 4 is 23.8 Å². The maximum absolute atomic E-state index is 12.0. The van der Waals surface area contributed by atoms with Crippen molar-refractivity contribution in [3.8, 4) is 0 Å². The number of ether oxygens (including phenoxy) is 1. The van der Waals surface area contributed by atoms with Crippen LogP contribution >= 0.6 is 11.8 Å². The molecule has 1 N–H and O–H groups in total. The maximum atomic E-state index is 12.0. The van der Waals surface area contributed by atoms with Crippen LogP contribution in [0.25, 0.3) is 6.08 Å². The third-order valence-electron chi connectivity index (χ3n) is 4.03. The highest BCUT2D eigenvalue weighted by atomic mass is 32.2. The minimum atomic E-state index is -0.357. The number of rotatable bonds is 8. The summed E-state index contributed by atoms with van der Waals surface area (Å²) in [5.74, 6) is 0.294. The molecule has 0 atom stereocenters. The van der Waals surface area contributed by atoms with Crippen molar-refractivity contribution in [2.24, 2.45) is 0 Å². The van der Waals surface area contributed by atoms with E-state index in [1.165, 1.54) is 23.9 Å². The third-order valence-corrected chi connectivity index (χ3v) is 4.97. The second-order valence-electron chi connectivity index (χ2n) is 6.32. The molecule has 0 saturated carbocycles. The van der Waals surface area contributed by atoms with Crippen LogP contribution < -0.4 is 5.56 Å². The Kier molecular flexibility index (Phi) is 7.41. The van der Waals surface area contributed by atoms with Crippen LogP contribution in [0.4, 0.5) is 0 Å². The van der Waals surface area contributed by atoms with Crippen molar-refractivity contribution < 1.29 is 9.53 Å². The first-order chi connectivity index (χ1) is 14.1. The first kappa shape index (κ1) is 20.6. The fourth-order valence-electron chi connectivity index (χ4n) is 2.74. The molecule has 5 nitrogen and oxygen atoms in total. The Morgan fingerprint density at radius 1 is 1.10 bits per heavy atom. The molecule has 0 aliphatic heterocycles. The van der Waals surface area contributed by atoms with E-state index in [2.05, 4.69) is 9.97 Å². The van der Waals surface area contributed by atoms with Crippen LogP contribution in [0.5, 0.6) is 0 Å². The smallest absolute Gasteiger partial charge is 0.330 e. The largest absolute Gasteiger partial charge is 0.463 e. The minimum absolute atomic E-state index is 0.153. The molecule has 2 aromatic carbocycles. The van der Waals surface area contributed by atoms with Crippen LogP contribution in [0.1, 0.15) is 29.3 Å². The average molecular weight is 407 g/mol. The molecule has 0 spiro atoms. The van der Waals surface area contributed by atoms with E-state index < -0.39 is 0 Å². The predicted octanol–water partition coefficient (Wildman–Crippen LogP) is 4.23. The van der Waals surface area contributed by atoms with E-state index in [4.69, 9.17) is 4.74 Å². The van der Waals surface area contributed by atoms with Crippen molar-refractivity contribution in [1.29, 1.82) is 0 Å². The Morgan fingerprint density at radius 2 is 1.90 bits per heavy atom. The van der Waals surface area contributed by atoms with Crippen LogP contribution in [0, 0.1) is 0 Å². The van der Waals surface area contributed by atoms with Crippen LogP contribution in [-0.4, -0.2) is 22.5 Å². The molecule has 0 unspecified atom stereocenters. The highest BCUT2D eigenvalue weighted by Crippen LogP contribution is 2.20. The normalized spacial score (nSPS) is 10.9. The second-order valence-corrected chi connectivity index (χ2v) is 7.29. The van der Waals surface area contributed by atoms with Gasteiger partial charge in [-0.25, -0.2) is 9.78 Å². The Hall–Kier alpha value is -3.12. The average Bonchev–Trinajstić information content (AvgIpc) is 2.72. The summed E-state index contributed by atoms with van der Waals surface area (Å²) >= 11 is 1.47. The predicted molar refractivity (Wildman–Crippen MR) is 116 cm³/mol. The number of hydrogen-bond acceptors (Lipinski definition) is 5. The van der Waals surface area contributed by atoms with Gasteiger partial charge in [0.1, 0.15) is 0 Å². The fraction of sp³-hybridized carbons (Fsp3) is 0.174. The molecule has 3 rings (SSSR count). The molecule has 6 heteroatoms. The van der Waals surface area contributed by atoms with Crippen molar-refractivity contribution in [2.45, 2.75) is 24.3 Å². The Balaban J connectivity index is 1.66. The van der Waals surface area contributed by atoms with E-state index in [9.17, 15) is 9.59 Å². The lowest BCUT2D eigenvalue weighted by atomic mass is 10.1. The molecule has 0 aliphatic carbocycles. The molecule has 0 aliphatic rings. The molecule has 1 heterocycles. The molecule has 0 bridgehead atoms. The van der Waals surface area contributed by atoms with Gasteiger partial charge in [0.05, 0.1) is 12.3 Å². The number of aromatic amines is 1. The number of carbonyl (C=O) groups is 1. The topological polar surface area (TPSA) is 72.0 Å². The van der Waals surface area contributed by atoms with Gasteiger partial charge in [0.2, 0.25) is 0 Å². The Morgan fingerprint density at radius 3 is 2.69 bits per heavy atom. The molecule has 1 aromatic heterocycles. The summed E-state index contributed by atoms with van der Waals surface area (Å²) in [4.78, 5) is 30.8.